The maximum atomic E-state index is 13.1. The van der Waals surface area contributed by atoms with Crippen LogP contribution >= 0.6 is 0 Å². The molecule has 2 aromatic carbocycles. The molecule has 0 spiro atoms. The Balaban J connectivity index is 1.46. The molecule has 2 heterocycles. The van der Waals surface area contributed by atoms with Crippen molar-refractivity contribution in [3.63, 3.8) is 0 Å². The maximum Gasteiger partial charge on any atom is 0.259 e. The quantitative estimate of drug-likeness (QED) is 0.666. The molecule has 0 saturated carbocycles. The van der Waals surface area contributed by atoms with Gasteiger partial charge in [0.25, 0.3) is 5.91 Å². The van der Waals surface area contributed by atoms with Gasteiger partial charge in [0, 0.05) is 19.3 Å². The highest BCUT2D eigenvalue weighted by Crippen LogP contribution is 2.30. The molecular formula is C23H22N2O2. The molecule has 1 fully saturated rings. The molecule has 1 amide bonds. The molecule has 4 nitrogen and oxygen atoms in total. The fourth-order valence-electron chi connectivity index (χ4n) is 3.55. The molecular weight excluding hydrogens is 336 g/mol. The van der Waals surface area contributed by atoms with Crippen molar-refractivity contribution in [2.24, 2.45) is 0 Å². The molecule has 4 rings (SSSR count). The Morgan fingerprint density at radius 2 is 1.56 bits per heavy atom. The Hall–Kier alpha value is -3.14. The lowest BCUT2D eigenvalue weighted by Gasteiger charge is -2.32. The van der Waals surface area contributed by atoms with Gasteiger partial charge < -0.3 is 9.64 Å². The van der Waals surface area contributed by atoms with Crippen molar-refractivity contribution < 1.29 is 9.53 Å². The van der Waals surface area contributed by atoms with Crippen LogP contribution in [0.15, 0.2) is 79.0 Å². The predicted molar refractivity (Wildman–Crippen MR) is 105 cm³/mol. The minimum atomic E-state index is -0.0134. The van der Waals surface area contributed by atoms with Crippen molar-refractivity contribution >= 4 is 5.91 Å². The second-order valence-corrected chi connectivity index (χ2v) is 6.75. The Morgan fingerprint density at radius 1 is 0.889 bits per heavy atom. The van der Waals surface area contributed by atoms with Gasteiger partial charge in [-0.15, -0.1) is 0 Å². The molecule has 3 aromatic rings. The summed E-state index contributed by atoms with van der Waals surface area (Å²) >= 11 is 0. The highest BCUT2D eigenvalue weighted by atomic mass is 16.5. The third kappa shape index (κ3) is 4.00. The van der Waals surface area contributed by atoms with E-state index in [9.17, 15) is 4.79 Å². The zero-order chi connectivity index (χ0) is 18.5. The first-order valence-corrected chi connectivity index (χ1v) is 9.33. The van der Waals surface area contributed by atoms with Gasteiger partial charge in [-0.05, 0) is 48.6 Å². The van der Waals surface area contributed by atoms with Crippen LogP contribution in [0, 0.1) is 0 Å². The average molecular weight is 358 g/mol. The number of pyridine rings is 1. The van der Waals surface area contributed by atoms with Crippen LogP contribution in [0.3, 0.4) is 0 Å². The monoisotopic (exact) mass is 358 g/mol. The smallest absolute Gasteiger partial charge is 0.259 e. The summed E-state index contributed by atoms with van der Waals surface area (Å²) in [6.45, 7) is 1.50. The number of hydrogen-bond donors (Lipinski definition) is 0. The maximum absolute atomic E-state index is 13.1. The number of likely N-dealkylation sites (tertiary alicyclic amines) is 1. The largest absolute Gasteiger partial charge is 0.438 e. The van der Waals surface area contributed by atoms with Gasteiger partial charge in [-0.25, -0.2) is 4.98 Å². The number of carbonyl (C=O) groups is 1. The third-order valence-electron chi connectivity index (χ3n) is 5.01. The molecule has 1 aliphatic rings. The normalized spacial score (nSPS) is 14.7. The van der Waals surface area contributed by atoms with Crippen molar-refractivity contribution in [1.82, 2.24) is 9.88 Å². The number of para-hydroxylation sites is 1. The number of nitrogens with zero attached hydrogens (tertiary/aromatic N) is 2. The van der Waals surface area contributed by atoms with Crippen molar-refractivity contribution in [2.75, 3.05) is 13.1 Å². The number of benzene rings is 2. The Morgan fingerprint density at radius 3 is 2.26 bits per heavy atom. The fraction of sp³-hybridized carbons (Fsp3) is 0.217. The van der Waals surface area contributed by atoms with Crippen LogP contribution in [-0.4, -0.2) is 28.9 Å². The standard InChI is InChI=1S/C23H22N2O2/c26-23(25-16-13-19(14-17-25)18-8-3-1-4-9-18)21-12-7-15-24-22(21)27-20-10-5-2-6-11-20/h1-12,15,19H,13-14,16-17H2. The van der Waals surface area contributed by atoms with Crippen LogP contribution in [0.5, 0.6) is 11.6 Å². The summed E-state index contributed by atoms with van der Waals surface area (Å²) in [6, 6.07) is 23.5. The van der Waals surface area contributed by atoms with E-state index in [0.29, 0.717) is 23.1 Å². The molecule has 0 atom stereocenters. The summed E-state index contributed by atoms with van der Waals surface area (Å²) in [5, 5.41) is 0. The fourth-order valence-corrected chi connectivity index (χ4v) is 3.55. The number of rotatable bonds is 4. The summed E-state index contributed by atoms with van der Waals surface area (Å²) < 4.78 is 5.85. The van der Waals surface area contributed by atoms with Crippen molar-refractivity contribution in [1.29, 1.82) is 0 Å². The summed E-state index contributed by atoms with van der Waals surface area (Å²) in [6.07, 6.45) is 3.60. The Bertz CT molecular complexity index is 889. The van der Waals surface area contributed by atoms with Gasteiger partial charge >= 0.3 is 0 Å². The minimum absolute atomic E-state index is 0.0134. The van der Waals surface area contributed by atoms with Gasteiger partial charge in [-0.3, -0.25) is 4.79 Å². The first-order chi connectivity index (χ1) is 13.3. The average Bonchev–Trinajstić information content (AvgIpc) is 2.75. The van der Waals surface area contributed by atoms with Crippen molar-refractivity contribution in [3.05, 3.63) is 90.1 Å². The van der Waals surface area contributed by atoms with E-state index in [4.69, 9.17) is 4.74 Å². The van der Waals surface area contributed by atoms with Gasteiger partial charge in [0.1, 0.15) is 11.3 Å². The lowest BCUT2D eigenvalue weighted by Crippen LogP contribution is -2.38. The second kappa shape index (κ2) is 8.04. The molecule has 136 valence electrons. The van der Waals surface area contributed by atoms with E-state index < -0.39 is 0 Å². The van der Waals surface area contributed by atoms with Gasteiger partial charge in [0.2, 0.25) is 5.88 Å². The first-order valence-electron chi connectivity index (χ1n) is 9.33. The van der Waals surface area contributed by atoms with E-state index in [1.54, 1.807) is 18.3 Å². The summed E-state index contributed by atoms with van der Waals surface area (Å²) in [5.41, 5.74) is 1.87. The first kappa shape index (κ1) is 17.3. The van der Waals surface area contributed by atoms with E-state index in [1.165, 1.54) is 5.56 Å². The van der Waals surface area contributed by atoms with Crippen LogP contribution in [-0.2, 0) is 0 Å². The predicted octanol–water partition coefficient (Wildman–Crippen LogP) is 4.89. The molecule has 0 N–H and O–H groups in total. The van der Waals surface area contributed by atoms with Crippen LogP contribution in [0.1, 0.15) is 34.7 Å². The van der Waals surface area contributed by atoms with Gasteiger partial charge in [-0.2, -0.15) is 0 Å². The summed E-state index contributed by atoms with van der Waals surface area (Å²) in [7, 11) is 0. The highest BCUT2D eigenvalue weighted by Gasteiger charge is 2.26. The lowest BCUT2D eigenvalue weighted by molar-refractivity contribution is 0.0709. The highest BCUT2D eigenvalue weighted by molar-refractivity contribution is 5.96. The SMILES string of the molecule is O=C(c1cccnc1Oc1ccccc1)N1CCC(c2ccccc2)CC1. The molecule has 0 bridgehead atoms. The molecule has 0 radical (unpaired) electrons. The van der Waals surface area contributed by atoms with E-state index in [0.717, 1.165) is 25.9 Å². The molecule has 0 unspecified atom stereocenters. The van der Waals surface area contributed by atoms with E-state index >= 15 is 0 Å². The van der Waals surface area contributed by atoms with Gasteiger partial charge in [-0.1, -0.05) is 48.5 Å². The second-order valence-electron chi connectivity index (χ2n) is 6.75. The number of hydrogen-bond acceptors (Lipinski definition) is 3. The molecule has 1 aromatic heterocycles. The van der Waals surface area contributed by atoms with Crippen LogP contribution in [0.4, 0.5) is 0 Å². The molecule has 0 aliphatic carbocycles. The number of piperidine rings is 1. The van der Waals surface area contributed by atoms with Crippen LogP contribution in [0.2, 0.25) is 0 Å². The van der Waals surface area contributed by atoms with Gasteiger partial charge in [0.15, 0.2) is 0 Å². The third-order valence-corrected chi connectivity index (χ3v) is 5.01. The topological polar surface area (TPSA) is 42.4 Å². The molecule has 1 saturated heterocycles. The van der Waals surface area contributed by atoms with E-state index in [2.05, 4.69) is 29.2 Å². The lowest BCUT2D eigenvalue weighted by atomic mass is 9.89. The van der Waals surface area contributed by atoms with Crippen molar-refractivity contribution in [2.45, 2.75) is 18.8 Å². The van der Waals surface area contributed by atoms with Crippen LogP contribution < -0.4 is 4.74 Å². The Labute approximate surface area is 159 Å². The summed E-state index contributed by atoms with van der Waals surface area (Å²) in [5.74, 6) is 1.54. The molecule has 4 heteroatoms. The molecule has 1 aliphatic heterocycles. The number of carbonyl (C=O) groups excluding carboxylic acids is 1. The van der Waals surface area contributed by atoms with E-state index in [1.807, 2.05) is 41.3 Å². The molecule has 27 heavy (non-hydrogen) atoms. The zero-order valence-corrected chi connectivity index (χ0v) is 15.1. The Kier molecular flexibility index (Phi) is 5.15. The number of ether oxygens (including phenoxy) is 1. The summed E-state index contributed by atoms with van der Waals surface area (Å²) in [4.78, 5) is 19.3. The van der Waals surface area contributed by atoms with Gasteiger partial charge in [0.05, 0.1) is 0 Å². The number of aromatic nitrogens is 1. The minimum Gasteiger partial charge on any atom is -0.438 e. The number of amides is 1. The van der Waals surface area contributed by atoms with Crippen molar-refractivity contribution in [3.8, 4) is 11.6 Å². The van der Waals surface area contributed by atoms with Crippen LogP contribution in [0.25, 0.3) is 0 Å². The zero-order valence-electron chi connectivity index (χ0n) is 15.1. The van der Waals surface area contributed by atoms with E-state index in [-0.39, 0.29) is 5.91 Å².